The summed E-state index contributed by atoms with van der Waals surface area (Å²) in [4.78, 5) is 27.8. The zero-order valence-corrected chi connectivity index (χ0v) is 14.5. The lowest BCUT2D eigenvalue weighted by molar-refractivity contribution is -0.137. The maximum Gasteiger partial charge on any atom is 0.416 e. The molecule has 0 saturated heterocycles. The van der Waals surface area contributed by atoms with E-state index in [-0.39, 0.29) is 16.4 Å². The first-order valence-electron chi connectivity index (χ1n) is 7.36. The van der Waals surface area contributed by atoms with E-state index in [9.17, 15) is 22.8 Å². The van der Waals surface area contributed by atoms with Gasteiger partial charge in [0.1, 0.15) is 5.15 Å². The van der Waals surface area contributed by atoms with E-state index in [2.05, 4.69) is 10.3 Å². The number of halogens is 4. The summed E-state index contributed by atoms with van der Waals surface area (Å²) in [5.74, 6) is -1.52. The highest BCUT2D eigenvalue weighted by atomic mass is 35.5. The Labute approximate surface area is 152 Å². The Balaban J connectivity index is 1.96. The lowest BCUT2D eigenvalue weighted by atomic mass is 10.1. The van der Waals surface area contributed by atoms with Crippen LogP contribution in [0.2, 0.25) is 5.15 Å². The molecule has 0 unspecified atom stereocenters. The fourth-order valence-electron chi connectivity index (χ4n) is 2.18. The first-order valence-corrected chi connectivity index (χ1v) is 7.73. The quantitative estimate of drug-likeness (QED) is 0.632. The number of anilines is 1. The SMILES string of the molecule is Cc1cc(C)c(C(=O)OCC(=O)Nc2ccc(C(F)(F)F)cc2)c(Cl)n1. The number of aromatic nitrogens is 1. The van der Waals surface area contributed by atoms with E-state index < -0.39 is 30.2 Å². The van der Waals surface area contributed by atoms with Gasteiger partial charge in [0.05, 0.1) is 11.1 Å². The maximum absolute atomic E-state index is 12.5. The number of nitrogens with one attached hydrogen (secondary N) is 1. The van der Waals surface area contributed by atoms with Gasteiger partial charge in [0.15, 0.2) is 6.61 Å². The lowest BCUT2D eigenvalue weighted by Crippen LogP contribution is -2.21. The van der Waals surface area contributed by atoms with Crippen LogP contribution < -0.4 is 5.32 Å². The van der Waals surface area contributed by atoms with Gasteiger partial charge in [-0.1, -0.05) is 11.6 Å². The molecule has 0 fully saturated rings. The Morgan fingerprint density at radius 1 is 1.19 bits per heavy atom. The topological polar surface area (TPSA) is 68.3 Å². The summed E-state index contributed by atoms with van der Waals surface area (Å²) in [5, 5.41) is 2.30. The Hall–Kier alpha value is -2.61. The van der Waals surface area contributed by atoms with Crippen LogP contribution in [0.3, 0.4) is 0 Å². The number of aryl methyl sites for hydroxylation is 2. The summed E-state index contributed by atoms with van der Waals surface area (Å²) in [7, 11) is 0. The van der Waals surface area contributed by atoms with Crippen molar-refractivity contribution in [1.29, 1.82) is 0 Å². The molecule has 2 aromatic rings. The average molecular weight is 387 g/mol. The van der Waals surface area contributed by atoms with Gasteiger partial charge in [-0.15, -0.1) is 0 Å². The highest BCUT2D eigenvalue weighted by molar-refractivity contribution is 6.32. The number of hydrogen-bond donors (Lipinski definition) is 1. The van der Waals surface area contributed by atoms with E-state index in [0.717, 1.165) is 24.3 Å². The van der Waals surface area contributed by atoms with Crippen LogP contribution in [0.25, 0.3) is 0 Å². The molecule has 0 atom stereocenters. The smallest absolute Gasteiger partial charge is 0.416 e. The summed E-state index contributed by atoms with van der Waals surface area (Å²) in [6.45, 7) is 2.74. The van der Waals surface area contributed by atoms with Gasteiger partial charge in [-0.25, -0.2) is 9.78 Å². The summed E-state index contributed by atoms with van der Waals surface area (Å²) in [6, 6.07) is 5.52. The molecule has 1 N–H and O–H groups in total. The molecule has 9 heteroatoms. The second-order valence-corrected chi connectivity index (χ2v) is 5.80. The van der Waals surface area contributed by atoms with Crippen molar-refractivity contribution in [2.24, 2.45) is 0 Å². The lowest BCUT2D eigenvalue weighted by Gasteiger charge is -2.10. The number of alkyl halides is 3. The molecule has 26 heavy (non-hydrogen) atoms. The van der Waals surface area contributed by atoms with E-state index in [1.165, 1.54) is 0 Å². The van der Waals surface area contributed by atoms with Crippen LogP contribution in [0.4, 0.5) is 18.9 Å². The fourth-order valence-corrected chi connectivity index (χ4v) is 2.54. The average Bonchev–Trinajstić information content (AvgIpc) is 2.51. The van der Waals surface area contributed by atoms with Crippen LogP contribution in [0.15, 0.2) is 30.3 Å². The van der Waals surface area contributed by atoms with E-state index in [4.69, 9.17) is 16.3 Å². The molecule has 0 aliphatic heterocycles. The molecule has 0 aliphatic rings. The third-order valence-corrected chi connectivity index (χ3v) is 3.61. The zero-order valence-electron chi connectivity index (χ0n) is 13.8. The molecule has 1 amide bonds. The predicted octanol–water partition coefficient (Wildman–Crippen LogP) is 4.17. The number of esters is 1. The number of ether oxygens (including phenoxy) is 1. The molecule has 2 rings (SSSR count). The number of nitrogens with zero attached hydrogens (tertiary/aromatic N) is 1. The van der Waals surface area contributed by atoms with Crippen molar-refractivity contribution >= 4 is 29.2 Å². The highest BCUT2D eigenvalue weighted by Gasteiger charge is 2.30. The van der Waals surface area contributed by atoms with Crippen LogP contribution in [0.1, 0.15) is 27.2 Å². The van der Waals surface area contributed by atoms with E-state index in [1.54, 1.807) is 19.9 Å². The van der Waals surface area contributed by atoms with Crippen LogP contribution >= 0.6 is 11.6 Å². The Morgan fingerprint density at radius 2 is 1.81 bits per heavy atom. The molecule has 0 spiro atoms. The first kappa shape index (κ1) is 19.7. The van der Waals surface area contributed by atoms with Gasteiger partial charge < -0.3 is 10.1 Å². The minimum atomic E-state index is -4.46. The number of rotatable bonds is 4. The van der Waals surface area contributed by atoms with E-state index in [1.807, 2.05) is 0 Å². The number of pyridine rings is 1. The summed E-state index contributed by atoms with van der Waals surface area (Å²) >= 11 is 5.92. The van der Waals surface area contributed by atoms with Crippen molar-refractivity contribution in [3.8, 4) is 0 Å². The number of hydrogen-bond acceptors (Lipinski definition) is 4. The number of benzene rings is 1. The van der Waals surface area contributed by atoms with E-state index >= 15 is 0 Å². The fraction of sp³-hybridized carbons (Fsp3) is 0.235. The van der Waals surface area contributed by atoms with Gasteiger partial charge in [-0.05, 0) is 49.7 Å². The van der Waals surface area contributed by atoms with Crippen molar-refractivity contribution in [2.45, 2.75) is 20.0 Å². The van der Waals surface area contributed by atoms with Gasteiger partial charge in [0.2, 0.25) is 0 Å². The molecule has 0 saturated carbocycles. The molecule has 0 bridgehead atoms. The van der Waals surface area contributed by atoms with Crippen molar-refractivity contribution < 1.29 is 27.5 Å². The monoisotopic (exact) mass is 386 g/mol. The van der Waals surface area contributed by atoms with Crippen LogP contribution in [0.5, 0.6) is 0 Å². The summed E-state index contributed by atoms with van der Waals surface area (Å²) in [6.07, 6.45) is -4.46. The molecule has 0 aliphatic carbocycles. The van der Waals surface area contributed by atoms with Gasteiger partial charge in [-0.2, -0.15) is 13.2 Å². The largest absolute Gasteiger partial charge is 0.452 e. The van der Waals surface area contributed by atoms with Crippen molar-refractivity contribution in [3.63, 3.8) is 0 Å². The molecule has 1 heterocycles. The molecule has 5 nitrogen and oxygen atoms in total. The molecule has 1 aromatic carbocycles. The Morgan fingerprint density at radius 3 is 2.35 bits per heavy atom. The van der Waals surface area contributed by atoms with Gasteiger partial charge in [0, 0.05) is 11.4 Å². The molecule has 0 radical (unpaired) electrons. The third-order valence-electron chi connectivity index (χ3n) is 3.34. The van der Waals surface area contributed by atoms with Crippen LogP contribution in [0, 0.1) is 13.8 Å². The predicted molar refractivity (Wildman–Crippen MR) is 89.1 cm³/mol. The maximum atomic E-state index is 12.5. The number of carbonyl (C=O) groups is 2. The van der Waals surface area contributed by atoms with Crippen molar-refractivity contribution in [2.75, 3.05) is 11.9 Å². The highest BCUT2D eigenvalue weighted by Crippen LogP contribution is 2.29. The van der Waals surface area contributed by atoms with Crippen LogP contribution in [-0.4, -0.2) is 23.5 Å². The number of amides is 1. The van der Waals surface area contributed by atoms with Crippen molar-refractivity contribution in [3.05, 3.63) is 57.9 Å². The minimum Gasteiger partial charge on any atom is -0.452 e. The van der Waals surface area contributed by atoms with Crippen molar-refractivity contribution in [1.82, 2.24) is 4.98 Å². The second kappa shape index (κ2) is 7.74. The normalized spacial score (nSPS) is 11.2. The number of carbonyl (C=O) groups excluding carboxylic acids is 2. The molecular weight excluding hydrogens is 373 g/mol. The third kappa shape index (κ3) is 4.95. The zero-order chi connectivity index (χ0) is 19.5. The molecular formula is C17H14ClF3N2O3. The van der Waals surface area contributed by atoms with E-state index in [0.29, 0.717) is 11.3 Å². The van der Waals surface area contributed by atoms with Gasteiger partial charge in [-0.3, -0.25) is 4.79 Å². The molecule has 1 aromatic heterocycles. The second-order valence-electron chi connectivity index (χ2n) is 5.45. The summed E-state index contributed by atoms with van der Waals surface area (Å²) in [5.41, 5.74) is 0.545. The Kier molecular flexibility index (Phi) is 5.86. The van der Waals surface area contributed by atoms with Crippen LogP contribution in [-0.2, 0) is 15.7 Å². The molecule has 138 valence electrons. The minimum absolute atomic E-state index is 0.0318. The Bertz CT molecular complexity index is 813. The van der Waals surface area contributed by atoms with Gasteiger partial charge in [0.25, 0.3) is 5.91 Å². The van der Waals surface area contributed by atoms with Gasteiger partial charge >= 0.3 is 12.1 Å². The first-order chi connectivity index (χ1) is 12.1. The standard InChI is InChI=1S/C17H14ClF3N2O3/c1-9-7-10(2)22-15(18)14(9)16(25)26-8-13(24)23-12-5-3-11(4-6-12)17(19,20)21/h3-7H,8H2,1-2H3,(H,23,24). The summed E-state index contributed by atoms with van der Waals surface area (Å²) < 4.78 is 42.3.